The first-order chi connectivity index (χ1) is 5.61. The van der Waals surface area contributed by atoms with Crippen molar-refractivity contribution in [3.63, 3.8) is 0 Å². The second-order valence-corrected chi connectivity index (χ2v) is 4.05. The van der Waals surface area contributed by atoms with Crippen LogP contribution in [0.3, 0.4) is 0 Å². The molecule has 0 saturated carbocycles. The maximum atomic E-state index is 11.0. The Balaban J connectivity index is 2.39. The Kier molecular flexibility index (Phi) is 3.50. The van der Waals surface area contributed by atoms with Gasteiger partial charge in [0, 0.05) is 0 Å². The quantitative estimate of drug-likeness (QED) is 0.594. The van der Waals surface area contributed by atoms with Gasteiger partial charge in [-0.15, -0.1) is 0 Å². The standard InChI is InChI=1S/C8H14N2O.V/c1-3-9-4-6-10(7-5-9)8(2)11;/h4-7H2,1-2H3;. The van der Waals surface area contributed by atoms with Crippen LogP contribution in [0.1, 0.15) is 13.8 Å². The van der Waals surface area contributed by atoms with Crippen LogP contribution in [0.15, 0.2) is 0 Å². The molecule has 0 spiro atoms. The van der Waals surface area contributed by atoms with E-state index in [-0.39, 0.29) is 5.91 Å². The molecule has 1 amide bonds. The summed E-state index contributed by atoms with van der Waals surface area (Å²) in [7, 11) is 0. The fraction of sp³-hybridized carbons (Fsp3) is 0.750. The molecule has 1 aliphatic rings. The van der Waals surface area contributed by atoms with Crippen LogP contribution in [0.2, 0.25) is 0 Å². The number of nitrogens with zero attached hydrogens (tertiary/aromatic N) is 2. The summed E-state index contributed by atoms with van der Waals surface area (Å²) < 4.78 is 1.28. The van der Waals surface area contributed by atoms with E-state index in [1.165, 1.54) is 4.35 Å². The normalized spacial score (nSPS) is 19.2. The second-order valence-electron chi connectivity index (χ2n) is 3.04. The van der Waals surface area contributed by atoms with E-state index in [2.05, 4.69) is 28.8 Å². The zero-order valence-corrected chi connectivity index (χ0v) is 8.98. The number of amides is 1. The van der Waals surface area contributed by atoms with Crippen molar-refractivity contribution in [1.82, 2.24) is 9.80 Å². The number of carbonyl (C=O) groups is 1. The molecule has 12 heavy (non-hydrogen) atoms. The molecule has 1 heterocycles. The summed E-state index contributed by atoms with van der Waals surface area (Å²) in [4.78, 5) is 15.2. The molecule has 0 atom stereocenters. The third-order valence-corrected chi connectivity index (χ3v) is 2.62. The molecule has 1 fully saturated rings. The van der Waals surface area contributed by atoms with E-state index in [9.17, 15) is 4.79 Å². The topological polar surface area (TPSA) is 23.6 Å². The van der Waals surface area contributed by atoms with Crippen LogP contribution >= 0.6 is 0 Å². The SMILES string of the molecule is CC(=O)N1CCN([C](C)=[V])CC1. The third-order valence-electron chi connectivity index (χ3n) is 2.18. The van der Waals surface area contributed by atoms with Gasteiger partial charge in [0.05, 0.1) is 0 Å². The van der Waals surface area contributed by atoms with Gasteiger partial charge in [0.2, 0.25) is 0 Å². The van der Waals surface area contributed by atoms with Gasteiger partial charge in [0.15, 0.2) is 0 Å². The third kappa shape index (κ3) is 2.44. The van der Waals surface area contributed by atoms with Gasteiger partial charge < -0.3 is 0 Å². The van der Waals surface area contributed by atoms with E-state index < -0.39 is 0 Å². The molecule has 0 N–H and O–H groups in total. The van der Waals surface area contributed by atoms with Crippen LogP contribution < -0.4 is 0 Å². The number of hydrogen-bond acceptors (Lipinski definition) is 2. The van der Waals surface area contributed by atoms with Crippen LogP contribution in [0, 0.1) is 0 Å². The van der Waals surface area contributed by atoms with E-state index in [0.717, 1.165) is 26.2 Å². The summed E-state index contributed by atoms with van der Waals surface area (Å²) in [5.74, 6) is 0.192. The number of piperazine rings is 1. The minimum absolute atomic E-state index is 0.192. The Hall–Kier alpha value is -0.116. The van der Waals surface area contributed by atoms with Gasteiger partial charge in [0.1, 0.15) is 0 Å². The molecule has 0 aliphatic carbocycles. The van der Waals surface area contributed by atoms with E-state index in [0.29, 0.717) is 0 Å². The van der Waals surface area contributed by atoms with Gasteiger partial charge in [-0.1, -0.05) is 0 Å². The van der Waals surface area contributed by atoms with Crippen LogP contribution in [-0.4, -0.2) is 46.2 Å². The molecule has 0 unspecified atom stereocenters. The summed E-state index contributed by atoms with van der Waals surface area (Å²) in [6.07, 6.45) is 0. The van der Waals surface area contributed by atoms with Gasteiger partial charge in [-0.05, 0) is 0 Å². The average Bonchev–Trinajstić information content (AvgIpc) is 2.04. The summed E-state index contributed by atoms with van der Waals surface area (Å²) in [6, 6.07) is 0. The summed E-state index contributed by atoms with van der Waals surface area (Å²) in [6.45, 7) is 7.40. The first-order valence-electron chi connectivity index (χ1n) is 4.14. The van der Waals surface area contributed by atoms with Crippen LogP contribution in [-0.2, 0) is 21.8 Å². The molecule has 0 aromatic rings. The minimum atomic E-state index is 0.192. The van der Waals surface area contributed by atoms with E-state index in [1.807, 2.05) is 4.90 Å². The first kappa shape index (κ1) is 9.97. The van der Waals surface area contributed by atoms with Gasteiger partial charge in [-0.3, -0.25) is 0 Å². The summed E-state index contributed by atoms with van der Waals surface area (Å²) in [5, 5.41) is 0. The van der Waals surface area contributed by atoms with Crippen LogP contribution in [0.4, 0.5) is 0 Å². The van der Waals surface area contributed by atoms with Crippen molar-refractivity contribution in [2.75, 3.05) is 26.2 Å². The first-order valence-corrected chi connectivity index (χ1v) is 4.84. The Morgan fingerprint density at radius 2 is 1.50 bits per heavy atom. The number of carbonyl (C=O) groups excluding carboxylic acids is 1. The molecule has 0 bridgehead atoms. The molecule has 1 aliphatic heterocycles. The zero-order valence-electron chi connectivity index (χ0n) is 7.58. The monoisotopic (exact) mass is 205 g/mol. The molecule has 1 rings (SSSR count). The van der Waals surface area contributed by atoms with Crippen molar-refractivity contribution < 1.29 is 21.8 Å². The van der Waals surface area contributed by atoms with Crippen molar-refractivity contribution in [3.05, 3.63) is 0 Å². The zero-order chi connectivity index (χ0) is 9.14. The van der Waals surface area contributed by atoms with Crippen molar-refractivity contribution >= 4 is 10.3 Å². The molecule has 0 radical (unpaired) electrons. The molecule has 0 aromatic carbocycles. The van der Waals surface area contributed by atoms with Gasteiger partial charge in [-0.25, -0.2) is 0 Å². The number of hydrogen-bond donors (Lipinski definition) is 0. The van der Waals surface area contributed by atoms with Gasteiger partial charge in [0.25, 0.3) is 0 Å². The molecule has 4 heteroatoms. The van der Waals surface area contributed by atoms with Gasteiger partial charge >= 0.3 is 81.9 Å². The molecule has 0 aromatic heterocycles. The molecular formula is C8H14N2OV. The van der Waals surface area contributed by atoms with Crippen molar-refractivity contribution in [1.29, 1.82) is 0 Å². The van der Waals surface area contributed by atoms with Crippen molar-refractivity contribution in [3.8, 4) is 0 Å². The molecule has 67 valence electrons. The van der Waals surface area contributed by atoms with Crippen LogP contribution in [0.25, 0.3) is 0 Å². The summed E-state index contributed by atoms with van der Waals surface area (Å²) in [5.41, 5.74) is 0. The number of rotatable bonds is 1. The Labute approximate surface area is 82.2 Å². The van der Waals surface area contributed by atoms with Crippen molar-refractivity contribution in [2.24, 2.45) is 0 Å². The maximum absolute atomic E-state index is 11.0. The Morgan fingerprint density at radius 1 is 1.08 bits per heavy atom. The Morgan fingerprint density at radius 3 is 1.83 bits per heavy atom. The van der Waals surface area contributed by atoms with Gasteiger partial charge in [-0.2, -0.15) is 0 Å². The van der Waals surface area contributed by atoms with Crippen LogP contribution in [0.5, 0.6) is 0 Å². The fourth-order valence-electron chi connectivity index (χ4n) is 1.34. The Bertz CT molecular complexity index is 175. The van der Waals surface area contributed by atoms with E-state index in [1.54, 1.807) is 6.92 Å². The average molecular weight is 205 g/mol. The molecule has 1 saturated heterocycles. The van der Waals surface area contributed by atoms with E-state index in [4.69, 9.17) is 0 Å². The summed E-state index contributed by atoms with van der Waals surface area (Å²) >= 11 is 2.55. The molecular weight excluding hydrogens is 191 g/mol. The predicted octanol–water partition coefficient (Wildman–Crippen LogP) is -0.153. The fourth-order valence-corrected chi connectivity index (χ4v) is 1.66. The second kappa shape index (κ2) is 4.21. The predicted molar refractivity (Wildman–Crippen MR) is 44.5 cm³/mol. The van der Waals surface area contributed by atoms with E-state index >= 15 is 0 Å². The molecule has 3 nitrogen and oxygen atoms in total. The van der Waals surface area contributed by atoms with Crippen molar-refractivity contribution in [2.45, 2.75) is 13.8 Å².